The third-order valence-corrected chi connectivity index (χ3v) is 4.51. The summed E-state index contributed by atoms with van der Waals surface area (Å²) in [5.41, 5.74) is 2.27. The summed E-state index contributed by atoms with van der Waals surface area (Å²) in [6.07, 6.45) is 5.27. The van der Waals surface area contributed by atoms with E-state index < -0.39 is 0 Å². The maximum Gasteiger partial charge on any atom is 0.132 e. The lowest BCUT2D eigenvalue weighted by Gasteiger charge is -2.22. The van der Waals surface area contributed by atoms with Gasteiger partial charge < -0.3 is 4.57 Å². The van der Waals surface area contributed by atoms with Crippen LogP contribution in [0.4, 0.5) is 4.39 Å². The molecule has 1 aliphatic rings. The Labute approximate surface area is 126 Å². The van der Waals surface area contributed by atoms with Crippen LogP contribution in [0, 0.1) is 5.82 Å². The van der Waals surface area contributed by atoms with E-state index in [1.54, 1.807) is 6.07 Å². The number of rotatable bonds is 3. The van der Waals surface area contributed by atoms with E-state index in [9.17, 15) is 4.39 Å². The van der Waals surface area contributed by atoms with Crippen molar-refractivity contribution < 1.29 is 4.39 Å². The predicted octanol–water partition coefficient (Wildman–Crippen LogP) is 4.74. The number of nitrogens with zero attached hydrogens (tertiary/aromatic N) is 2. The maximum atomic E-state index is 14.1. The number of aromatic nitrogens is 1. The zero-order valence-corrected chi connectivity index (χ0v) is 13.1. The highest BCUT2D eigenvalue weighted by molar-refractivity contribution is 5.82. The van der Waals surface area contributed by atoms with Crippen molar-refractivity contribution in [2.45, 2.75) is 52.1 Å². The van der Waals surface area contributed by atoms with Gasteiger partial charge in [-0.05, 0) is 58.0 Å². The summed E-state index contributed by atoms with van der Waals surface area (Å²) in [5, 5.41) is 0.760. The van der Waals surface area contributed by atoms with Gasteiger partial charge in [0, 0.05) is 23.7 Å². The Bertz CT molecular complexity index is 607. The topological polar surface area (TPSA) is 8.17 Å². The number of benzene rings is 1. The van der Waals surface area contributed by atoms with Gasteiger partial charge in [0.25, 0.3) is 0 Å². The van der Waals surface area contributed by atoms with Gasteiger partial charge in [-0.25, -0.2) is 4.39 Å². The van der Waals surface area contributed by atoms with Gasteiger partial charge in [0.15, 0.2) is 0 Å². The lowest BCUT2D eigenvalue weighted by molar-refractivity contribution is 0.268. The second-order valence-corrected chi connectivity index (χ2v) is 6.46. The third-order valence-electron chi connectivity index (χ3n) is 4.51. The molecular formula is C18H25FN2. The maximum absolute atomic E-state index is 14.1. The molecule has 0 atom stereocenters. The smallest absolute Gasteiger partial charge is 0.132 e. The van der Waals surface area contributed by atoms with Gasteiger partial charge in [0.1, 0.15) is 5.82 Å². The van der Waals surface area contributed by atoms with Crippen molar-refractivity contribution in [2.24, 2.45) is 0 Å². The zero-order chi connectivity index (χ0) is 14.8. The first kappa shape index (κ1) is 14.6. The minimum Gasteiger partial charge on any atom is -0.341 e. The summed E-state index contributed by atoms with van der Waals surface area (Å²) < 4.78 is 16.4. The lowest BCUT2D eigenvalue weighted by atomic mass is 10.2. The van der Waals surface area contributed by atoms with Gasteiger partial charge in [-0.3, -0.25) is 4.90 Å². The molecule has 0 radical (unpaired) electrons. The molecule has 1 saturated heterocycles. The second kappa shape index (κ2) is 6.18. The summed E-state index contributed by atoms with van der Waals surface area (Å²) in [6, 6.07) is 7.81. The Hall–Kier alpha value is -1.35. The highest BCUT2D eigenvalue weighted by Crippen LogP contribution is 2.27. The third kappa shape index (κ3) is 2.98. The van der Waals surface area contributed by atoms with Crippen LogP contribution < -0.4 is 0 Å². The van der Waals surface area contributed by atoms with E-state index in [-0.39, 0.29) is 5.82 Å². The van der Waals surface area contributed by atoms with Crippen molar-refractivity contribution in [3.05, 3.63) is 35.8 Å². The number of hydrogen-bond acceptors (Lipinski definition) is 1. The summed E-state index contributed by atoms with van der Waals surface area (Å²) in [6.45, 7) is 7.63. The minimum absolute atomic E-state index is 0.107. The molecule has 0 amide bonds. The summed E-state index contributed by atoms with van der Waals surface area (Å²) in [4.78, 5) is 2.53. The van der Waals surface area contributed by atoms with E-state index in [0.717, 1.165) is 17.4 Å². The molecule has 0 saturated carbocycles. The van der Waals surface area contributed by atoms with E-state index in [1.165, 1.54) is 44.5 Å². The standard InChI is InChI=1S/C18H25FN2/c1-14(2)21-15(13-20-10-5-3-4-6-11-20)12-16-17(19)8-7-9-18(16)21/h7-9,12,14H,3-6,10-11,13H2,1-2H3. The average molecular weight is 288 g/mol. The average Bonchev–Trinajstić information content (AvgIpc) is 2.63. The molecule has 21 heavy (non-hydrogen) atoms. The fourth-order valence-corrected chi connectivity index (χ4v) is 3.52. The first-order valence-corrected chi connectivity index (χ1v) is 8.17. The Morgan fingerprint density at radius 2 is 1.81 bits per heavy atom. The molecule has 0 N–H and O–H groups in total. The van der Waals surface area contributed by atoms with Gasteiger partial charge >= 0.3 is 0 Å². The number of halogens is 1. The molecule has 1 aromatic carbocycles. The van der Waals surface area contributed by atoms with Crippen LogP contribution in [0.25, 0.3) is 10.9 Å². The van der Waals surface area contributed by atoms with Gasteiger partial charge in [-0.2, -0.15) is 0 Å². The lowest BCUT2D eigenvalue weighted by Crippen LogP contribution is -2.25. The van der Waals surface area contributed by atoms with E-state index >= 15 is 0 Å². The van der Waals surface area contributed by atoms with Crippen molar-refractivity contribution in [2.75, 3.05) is 13.1 Å². The van der Waals surface area contributed by atoms with Crippen molar-refractivity contribution in [3.63, 3.8) is 0 Å². The molecule has 1 aromatic heterocycles. The minimum atomic E-state index is -0.107. The quantitative estimate of drug-likeness (QED) is 0.792. The van der Waals surface area contributed by atoms with Crippen molar-refractivity contribution in [3.8, 4) is 0 Å². The van der Waals surface area contributed by atoms with Gasteiger partial charge in [-0.15, -0.1) is 0 Å². The van der Waals surface area contributed by atoms with Crippen molar-refractivity contribution >= 4 is 10.9 Å². The number of hydrogen-bond donors (Lipinski definition) is 0. The Morgan fingerprint density at radius 3 is 2.48 bits per heavy atom. The highest BCUT2D eigenvalue weighted by atomic mass is 19.1. The fraction of sp³-hybridized carbons (Fsp3) is 0.556. The summed E-state index contributed by atoms with van der Waals surface area (Å²) in [5.74, 6) is -0.107. The number of fused-ring (bicyclic) bond motifs is 1. The van der Waals surface area contributed by atoms with Crippen LogP contribution in [0.5, 0.6) is 0 Å². The van der Waals surface area contributed by atoms with Crippen LogP contribution in [0.15, 0.2) is 24.3 Å². The molecule has 2 aromatic rings. The second-order valence-electron chi connectivity index (χ2n) is 6.46. The SMILES string of the molecule is CC(C)n1c(CN2CCCCCC2)cc2c(F)cccc21. The molecule has 0 bridgehead atoms. The molecule has 0 aliphatic carbocycles. The van der Waals surface area contributed by atoms with E-state index in [4.69, 9.17) is 0 Å². The van der Waals surface area contributed by atoms with E-state index in [2.05, 4.69) is 29.4 Å². The summed E-state index contributed by atoms with van der Waals surface area (Å²) >= 11 is 0. The molecule has 1 fully saturated rings. The molecule has 114 valence electrons. The molecule has 3 heteroatoms. The summed E-state index contributed by atoms with van der Waals surface area (Å²) in [7, 11) is 0. The molecule has 1 aliphatic heterocycles. The monoisotopic (exact) mass is 288 g/mol. The Balaban J connectivity index is 1.96. The largest absolute Gasteiger partial charge is 0.341 e. The normalized spacial score (nSPS) is 17.5. The van der Waals surface area contributed by atoms with Crippen LogP contribution in [-0.2, 0) is 6.54 Å². The van der Waals surface area contributed by atoms with Gasteiger partial charge in [0.2, 0.25) is 0 Å². The first-order chi connectivity index (χ1) is 10.2. The van der Waals surface area contributed by atoms with Gasteiger partial charge in [0.05, 0.1) is 5.52 Å². The van der Waals surface area contributed by atoms with Crippen LogP contribution in [0.1, 0.15) is 51.3 Å². The number of likely N-dealkylation sites (tertiary alicyclic amines) is 1. The van der Waals surface area contributed by atoms with Crippen LogP contribution in [-0.4, -0.2) is 22.6 Å². The molecule has 2 nitrogen and oxygen atoms in total. The van der Waals surface area contributed by atoms with Crippen molar-refractivity contribution in [1.29, 1.82) is 0 Å². The van der Waals surface area contributed by atoms with Crippen LogP contribution >= 0.6 is 0 Å². The molecular weight excluding hydrogens is 263 g/mol. The first-order valence-electron chi connectivity index (χ1n) is 8.17. The van der Waals surface area contributed by atoms with E-state index in [1.807, 2.05) is 12.1 Å². The fourth-order valence-electron chi connectivity index (χ4n) is 3.52. The Kier molecular flexibility index (Phi) is 4.29. The molecule has 3 rings (SSSR count). The Morgan fingerprint density at radius 1 is 1.10 bits per heavy atom. The van der Waals surface area contributed by atoms with E-state index in [0.29, 0.717) is 6.04 Å². The molecule has 0 unspecified atom stereocenters. The molecule has 0 spiro atoms. The van der Waals surface area contributed by atoms with Crippen LogP contribution in [0.2, 0.25) is 0 Å². The predicted molar refractivity (Wildman–Crippen MR) is 86.0 cm³/mol. The molecule has 2 heterocycles. The van der Waals surface area contributed by atoms with Crippen molar-refractivity contribution in [1.82, 2.24) is 9.47 Å². The van der Waals surface area contributed by atoms with Gasteiger partial charge in [-0.1, -0.05) is 18.9 Å². The highest BCUT2D eigenvalue weighted by Gasteiger charge is 2.17. The zero-order valence-electron chi connectivity index (χ0n) is 13.1. The van der Waals surface area contributed by atoms with Crippen LogP contribution in [0.3, 0.4) is 0 Å².